The lowest BCUT2D eigenvalue weighted by Crippen LogP contribution is -2.43. The summed E-state index contributed by atoms with van der Waals surface area (Å²) < 4.78 is 5.08. The van der Waals surface area contributed by atoms with Crippen molar-refractivity contribution in [1.82, 2.24) is 10.6 Å². The number of carbonyl (C=O) groups excluding carboxylic acids is 2. The Kier molecular flexibility index (Phi) is 5.74. The smallest absolute Gasteiger partial charge is 0.407 e. The Morgan fingerprint density at radius 1 is 1.47 bits per heavy atom. The third-order valence-electron chi connectivity index (χ3n) is 1.66. The van der Waals surface area contributed by atoms with Crippen molar-refractivity contribution in [2.24, 2.45) is 0 Å². The average molecular weight is 216 g/mol. The first-order valence-electron chi connectivity index (χ1n) is 5.05. The molecule has 0 aliphatic rings. The van der Waals surface area contributed by atoms with Crippen LogP contribution >= 0.6 is 0 Å². The summed E-state index contributed by atoms with van der Waals surface area (Å²) in [4.78, 5) is 21.4. The van der Waals surface area contributed by atoms with Crippen LogP contribution in [0.3, 0.4) is 0 Å². The Morgan fingerprint density at radius 3 is 2.47 bits per heavy atom. The summed E-state index contributed by atoms with van der Waals surface area (Å²) in [5, 5.41) is 5.19. The lowest BCUT2D eigenvalue weighted by molar-refractivity contribution is -0.109. The van der Waals surface area contributed by atoms with Gasteiger partial charge in [-0.05, 0) is 27.2 Å². The number of rotatable bonds is 5. The van der Waals surface area contributed by atoms with E-state index in [0.29, 0.717) is 13.0 Å². The monoisotopic (exact) mass is 216 g/mol. The molecule has 1 atom stereocenters. The fraction of sp³-hybridized carbons (Fsp3) is 0.800. The van der Waals surface area contributed by atoms with Crippen molar-refractivity contribution < 1.29 is 14.3 Å². The lowest BCUT2D eigenvalue weighted by atomic mass is 10.2. The predicted octanol–water partition coefficient (Wildman–Crippen LogP) is 1.04. The van der Waals surface area contributed by atoms with E-state index in [0.717, 1.165) is 6.42 Å². The molecule has 5 heteroatoms. The molecule has 0 aliphatic heterocycles. The summed E-state index contributed by atoms with van der Waals surface area (Å²) in [6, 6.07) is -0.0925. The van der Waals surface area contributed by atoms with Crippen molar-refractivity contribution in [1.29, 1.82) is 0 Å². The van der Waals surface area contributed by atoms with E-state index in [1.807, 2.05) is 6.92 Å². The first-order valence-corrected chi connectivity index (χ1v) is 5.05. The maximum atomic E-state index is 11.3. The minimum absolute atomic E-state index is 0.0925. The van der Waals surface area contributed by atoms with Gasteiger partial charge in [-0.3, -0.25) is 4.79 Å². The summed E-state index contributed by atoms with van der Waals surface area (Å²) in [7, 11) is 0. The highest BCUT2D eigenvalue weighted by atomic mass is 16.6. The van der Waals surface area contributed by atoms with Crippen molar-refractivity contribution >= 4 is 12.5 Å². The molecule has 0 radical (unpaired) electrons. The van der Waals surface area contributed by atoms with E-state index in [2.05, 4.69) is 10.6 Å². The topological polar surface area (TPSA) is 67.4 Å². The first-order chi connectivity index (χ1) is 6.89. The molecule has 0 rings (SSSR count). The van der Waals surface area contributed by atoms with Crippen LogP contribution in [0.1, 0.15) is 34.1 Å². The number of amides is 2. The van der Waals surface area contributed by atoms with Gasteiger partial charge in [0.1, 0.15) is 5.60 Å². The lowest BCUT2D eigenvalue weighted by Gasteiger charge is -2.22. The second-order valence-electron chi connectivity index (χ2n) is 4.28. The maximum Gasteiger partial charge on any atom is 0.407 e. The first kappa shape index (κ1) is 13.7. The minimum Gasteiger partial charge on any atom is -0.444 e. The molecular formula is C10H20N2O3. The molecule has 15 heavy (non-hydrogen) atoms. The third-order valence-corrected chi connectivity index (χ3v) is 1.66. The van der Waals surface area contributed by atoms with Crippen LogP contribution in [0.2, 0.25) is 0 Å². The quantitative estimate of drug-likeness (QED) is 0.675. The Bertz CT molecular complexity index is 211. The van der Waals surface area contributed by atoms with Gasteiger partial charge in [-0.15, -0.1) is 0 Å². The Morgan fingerprint density at radius 2 is 2.07 bits per heavy atom. The largest absolute Gasteiger partial charge is 0.444 e. The van der Waals surface area contributed by atoms with Gasteiger partial charge >= 0.3 is 6.09 Å². The van der Waals surface area contributed by atoms with E-state index in [1.54, 1.807) is 20.8 Å². The van der Waals surface area contributed by atoms with Crippen LogP contribution in [0, 0.1) is 0 Å². The van der Waals surface area contributed by atoms with E-state index in [4.69, 9.17) is 4.74 Å². The van der Waals surface area contributed by atoms with Gasteiger partial charge in [0.25, 0.3) is 0 Å². The van der Waals surface area contributed by atoms with Crippen molar-refractivity contribution in [3.8, 4) is 0 Å². The molecule has 0 heterocycles. The standard InChI is InChI=1S/C10H20N2O3/c1-5-8(6-11-7-13)12-9(14)15-10(2,3)4/h7-8H,5-6H2,1-4H3,(H,11,13)(H,12,14). The molecule has 0 saturated carbocycles. The van der Waals surface area contributed by atoms with Crippen LogP contribution in [-0.2, 0) is 9.53 Å². The maximum absolute atomic E-state index is 11.3. The normalized spacial score (nSPS) is 12.8. The Hall–Kier alpha value is -1.26. The van der Waals surface area contributed by atoms with Gasteiger partial charge < -0.3 is 15.4 Å². The summed E-state index contributed by atoms with van der Waals surface area (Å²) in [6.07, 6.45) is 0.890. The van der Waals surface area contributed by atoms with Crippen LogP contribution in [0.25, 0.3) is 0 Å². The summed E-state index contributed by atoms with van der Waals surface area (Å²) in [6.45, 7) is 7.75. The van der Waals surface area contributed by atoms with Gasteiger partial charge in [0.05, 0.1) is 0 Å². The zero-order valence-corrected chi connectivity index (χ0v) is 9.79. The van der Waals surface area contributed by atoms with Gasteiger partial charge in [-0.1, -0.05) is 6.92 Å². The van der Waals surface area contributed by atoms with E-state index >= 15 is 0 Å². The highest BCUT2D eigenvalue weighted by molar-refractivity contribution is 5.68. The number of hydrogen-bond donors (Lipinski definition) is 2. The van der Waals surface area contributed by atoms with Gasteiger partial charge in [0.2, 0.25) is 6.41 Å². The van der Waals surface area contributed by atoms with Crippen molar-refractivity contribution in [3.05, 3.63) is 0 Å². The summed E-state index contributed by atoms with van der Waals surface area (Å²) in [5.74, 6) is 0. The van der Waals surface area contributed by atoms with Gasteiger partial charge in [0, 0.05) is 12.6 Å². The highest BCUT2D eigenvalue weighted by Crippen LogP contribution is 2.06. The molecule has 0 saturated heterocycles. The molecule has 0 aromatic rings. The number of nitrogens with one attached hydrogen (secondary N) is 2. The third kappa shape index (κ3) is 7.78. The van der Waals surface area contributed by atoms with Crippen LogP contribution in [0.5, 0.6) is 0 Å². The molecule has 88 valence electrons. The molecule has 0 spiro atoms. The number of carbonyl (C=O) groups is 2. The SMILES string of the molecule is CCC(CNC=O)NC(=O)OC(C)(C)C. The zero-order valence-electron chi connectivity index (χ0n) is 9.79. The summed E-state index contributed by atoms with van der Waals surface area (Å²) in [5.41, 5.74) is -0.500. The molecule has 2 N–H and O–H groups in total. The van der Waals surface area contributed by atoms with Crippen LogP contribution in [0.4, 0.5) is 4.79 Å². The Balaban J connectivity index is 3.95. The van der Waals surface area contributed by atoms with Crippen LogP contribution in [0.15, 0.2) is 0 Å². The number of ether oxygens (including phenoxy) is 1. The molecule has 1 unspecified atom stereocenters. The average Bonchev–Trinajstić information content (AvgIpc) is 2.09. The molecule has 5 nitrogen and oxygen atoms in total. The zero-order chi connectivity index (χ0) is 11.9. The summed E-state index contributed by atoms with van der Waals surface area (Å²) >= 11 is 0. The number of hydrogen-bond acceptors (Lipinski definition) is 3. The van der Waals surface area contributed by atoms with Crippen LogP contribution in [-0.4, -0.2) is 30.7 Å². The highest BCUT2D eigenvalue weighted by Gasteiger charge is 2.18. The van der Waals surface area contributed by atoms with Crippen molar-refractivity contribution in [2.75, 3.05) is 6.54 Å². The molecule has 0 fully saturated rings. The molecule has 0 aromatic carbocycles. The van der Waals surface area contributed by atoms with Gasteiger partial charge in [0.15, 0.2) is 0 Å². The fourth-order valence-corrected chi connectivity index (χ4v) is 0.962. The van der Waals surface area contributed by atoms with Crippen molar-refractivity contribution in [3.63, 3.8) is 0 Å². The molecule has 2 amide bonds. The van der Waals surface area contributed by atoms with Crippen LogP contribution < -0.4 is 10.6 Å². The van der Waals surface area contributed by atoms with E-state index in [9.17, 15) is 9.59 Å². The fourth-order valence-electron chi connectivity index (χ4n) is 0.962. The number of alkyl carbamates (subject to hydrolysis) is 1. The second kappa shape index (κ2) is 6.27. The van der Waals surface area contributed by atoms with E-state index in [-0.39, 0.29) is 6.04 Å². The van der Waals surface area contributed by atoms with E-state index < -0.39 is 11.7 Å². The van der Waals surface area contributed by atoms with Gasteiger partial charge in [-0.2, -0.15) is 0 Å². The van der Waals surface area contributed by atoms with Crippen molar-refractivity contribution in [2.45, 2.75) is 45.8 Å². The molecular weight excluding hydrogens is 196 g/mol. The minimum atomic E-state index is -0.500. The second-order valence-corrected chi connectivity index (χ2v) is 4.28. The van der Waals surface area contributed by atoms with Gasteiger partial charge in [-0.25, -0.2) is 4.79 Å². The predicted molar refractivity (Wildman–Crippen MR) is 57.5 cm³/mol. The molecule has 0 aliphatic carbocycles. The van der Waals surface area contributed by atoms with E-state index in [1.165, 1.54) is 0 Å². The molecule has 0 aromatic heterocycles. The molecule has 0 bridgehead atoms. The Labute approximate surface area is 90.6 Å².